The highest BCUT2D eigenvalue weighted by Gasteiger charge is 2.16. The third kappa shape index (κ3) is 5.91. The third-order valence-electron chi connectivity index (χ3n) is 5.00. The van der Waals surface area contributed by atoms with Crippen LogP contribution >= 0.6 is 0 Å². The molecule has 0 amide bonds. The van der Waals surface area contributed by atoms with Crippen molar-refractivity contribution in [1.82, 2.24) is 19.4 Å². The molecule has 8 nitrogen and oxygen atoms in total. The predicted molar refractivity (Wildman–Crippen MR) is 128 cm³/mol. The van der Waals surface area contributed by atoms with Crippen molar-refractivity contribution in [2.45, 2.75) is 22.9 Å². The van der Waals surface area contributed by atoms with Crippen molar-refractivity contribution >= 4 is 20.0 Å². The fourth-order valence-corrected chi connectivity index (χ4v) is 5.16. The Morgan fingerprint density at radius 2 is 0.912 bits per heavy atom. The summed E-state index contributed by atoms with van der Waals surface area (Å²) in [5.74, 6) is 0. The van der Waals surface area contributed by atoms with E-state index in [0.29, 0.717) is 11.4 Å². The van der Waals surface area contributed by atoms with Crippen molar-refractivity contribution in [3.8, 4) is 11.1 Å². The first-order valence-corrected chi connectivity index (χ1v) is 13.3. The number of rotatable bonds is 9. The number of hydrogen-bond acceptors (Lipinski definition) is 6. The quantitative estimate of drug-likeness (QED) is 0.369. The van der Waals surface area contributed by atoms with Crippen LogP contribution in [-0.2, 0) is 33.1 Å². The molecule has 34 heavy (non-hydrogen) atoms. The molecule has 2 heterocycles. The van der Waals surface area contributed by atoms with Crippen LogP contribution in [-0.4, -0.2) is 26.8 Å². The lowest BCUT2D eigenvalue weighted by atomic mass is 10.1. The lowest BCUT2D eigenvalue weighted by Gasteiger charge is -2.09. The zero-order valence-corrected chi connectivity index (χ0v) is 19.6. The minimum Gasteiger partial charge on any atom is -0.260 e. The molecule has 0 aliphatic carbocycles. The maximum absolute atomic E-state index is 12.6. The van der Waals surface area contributed by atoms with E-state index >= 15 is 0 Å². The van der Waals surface area contributed by atoms with Crippen LogP contribution < -0.4 is 9.44 Å². The van der Waals surface area contributed by atoms with Gasteiger partial charge in [-0.05, 0) is 59.7 Å². The van der Waals surface area contributed by atoms with Crippen LogP contribution in [0, 0.1) is 0 Å². The smallest absolute Gasteiger partial charge is 0.240 e. The Bertz CT molecular complexity index is 1330. The van der Waals surface area contributed by atoms with Gasteiger partial charge in [0.05, 0.1) is 34.3 Å². The summed E-state index contributed by atoms with van der Waals surface area (Å²) in [6.45, 7) is 0.185. The molecule has 2 aromatic carbocycles. The van der Waals surface area contributed by atoms with Crippen LogP contribution in [0.2, 0.25) is 0 Å². The molecular formula is C24H22N4O4S2. The van der Waals surface area contributed by atoms with Gasteiger partial charge in [-0.3, -0.25) is 9.97 Å². The summed E-state index contributed by atoms with van der Waals surface area (Å²) in [5.41, 5.74) is 2.75. The third-order valence-corrected chi connectivity index (χ3v) is 7.84. The molecule has 0 radical (unpaired) electrons. The molecule has 0 atom stereocenters. The molecule has 2 aromatic heterocycles. The number of pyridine rings is 2. The zero-order valence-electron chi connectivity index (χ0n) is 18.0. The maximum atomic E-state index is 12.6. The number of benzene rings is 2. The van der Waals surface area contributed by atoms with Crippen LogP contribution in [0.3, 0.4) is 0 Å². The van der Waals surface area contributed by atoms with Crippen molar-refractivity contribution in [1.29, 1.82) is 0 Å². The summed E-state index contributed by atoms with van der Waals surface area (Å²) < 4.78 is 55.3. The fraction of sp³-hybridized carbons (Fsp3) is 0.0833. The highest BCUT2D eigenvalue weighted by Crippen LogP contribution is 2.23. The normalized spacial score (nSPS) is 11.9. The zero-order chi connectivity index (χ0) is 24.0. The number of sulfonamides is 2. The number of aromatic nitrogens is 2. The molecule has 0 spiro atoms. The van der Waals surface area contributed by atoms with Gasteiger partial charge >= 0.3 is 0 Å². The lowest BCUT2D eigenvalue weighted by Crippen LogP contribution is -2.23. The Kier molecular flexibility index (Phi) is 7.13. The number of nitrogens with one attached hydrogen (secondary N) is 2. The van der Waals surface area contributed by atoms with Crippen LogP contribution in [0.1, 0.15) is 11.4 Å². The summed E-state index contributed by atoms with van der Waals surface area (Å²) in [4.78, 5) is 8.47. The Balaban J connectivity index is 1.42. The molecule has 0 fully saturated rings. The summed E-state index contributed by atoms with van der Waals surface area (Å²) in [6, 6.07) is 23.3. The van der Waals surface area contributed by atoms with Crippen LogP contribution in [0.5, 0.6) is 0 Å². The highest BCUT2D eigenvalue weighted by molar-refractivity contribution is 7.89. The first-order valence-electron chi connectivity index (χ1n) is 10.3. The minimum absolute atomic E-state index is 0.0925. The average molecular weight is 495 g/mol. The molecule has 2 N–H and O–H groups in total. The number of hydrogen-bond donors (Lipinski definition) is 2. The Hall–Kier alpha value is -3.44. The second kappa shape index (κ2) is 10.2. The molecule has 0 saturated heterocycles. The minimum atomic E-state index is -3.70. The Labute approximate surface area is 198 Å². The van der Waals surface area contributed by atoms with Crippen LogP contribution in [0.4, 0.5) is 0 Å². The largest absolute Gasteiger partial charge is 0.260 e. The van der Waals surface area contributed by atoms with E-state index in [9.17, 15) is 16.8 Å². The molecule has 4 aromatic rings. The summed E-state index contributed by atoms with van der Waals surface area (Å²) in [5, 5.41) is 0. The second-order valence-electron chi connectivity index (χ2n) is 7.34. The molecule has 174 valence electrons. The van der Waals surface area contributed by atoms with Gasteiger partial charge in [0.1, 0.15) is 0 Å². The monoisotopic (exact) mass is 494 g/mol. The van der Waals surface area contributed by atoms with Crippen molar-refractivity contribution in [2.24, 2.45) is 0 Å². The molecule has 0 saturated carbocycles. The standard InChI is InChI=1S/C24H22N4O4S2/c29-33(30,27-17-21-5-1-3-15-25-21)23-11-7-19(8-12-23)20-9-13-24(14-10-20)34(31,32)28-18-22-6-2-4-16-26-22/h1-16,27-28H,17-18H2. The number of nitrogens with zero attached hydrogens (tertiary/aromatic N) is 2. The summed E-state index contributed by atoms with van der Waals surface area (Å²) >= 11 is 0. The molecule has 0 aliphatic heterocycles. The van der Waals surface area contributed by atoms with Crippen LogP contribution in [0.15, 0.2) is 107 Å². The first kappa shape index (κ1) is 23.7. The van der Waals surface area contributed by atoms with Gasteiger partial charge < -0.3 is 0 Å². The van der Waals surface area contributed by atoms with E-state index in [-0.39, 0.29) is 22.9 Å². The first-order chi connectivity index (χ1) is 16.3. The molecule has 0 bridgehead atoms. The Morgan fingerprint density at radius 1 is 0.529 bits per heavy atom. The molecule has 0 aliphatic rings. The maximum Gasteiger partial charge on any atom is 0.240 e. The predicted octanol–water partition coefficient (Wildman–Crippen LogP) is 3.10. The second-order valence-corrected chi connectivity index (χ2v) is 10.9. The lowest BCUT2D eigenvalue weighted by molar-refractivity contribution is 0.579. The van der Waals surface area contributed by atoms with E-state index in [1.807, 2.05) is 0 Å². The van der Waals surface area contributed by atoms with Crippen molar-refractivity contribution < 1.29 is 16.8 Å². The van der Waals surface area contributed by atoms with Gasteiger partial charge in [0.15, 0.2) is 0 Å². The van der Waals surface area contributed by atoms with Crippen molar-refractivity contribution in [3.63, 3.8) is 0 Å². The van der Waals surface area contributed by atoms with E-state index in [1.54, 1.807) is 73.1 Å². The summed E-state index contributed by atoms with van der Waals surface area (Å²) in [6.07, 6.45) is 3.21. The van der Waals surface area contributed by atoms with Gasteiger partial charge in [-0.2, -0.15) is 0 Å². The topological polar surface area (TPSA) is 118 Å². The van der Waals surface area contributed by atoms with Crippen molar-refractivity contribution in [2.75, 3.05) is 0 Å². The van der Waals surface area contributed by atoms with E-state index in [2.05, 4.69) is 19.4 Å². The van der Waals surface area contributed by atoms with Crippen molar-refractivity contribution in [3.05, 3.63) is 109 Å². The summed E-state index contributed by atoms with van der Waals surface area (Å²) in [7, 11) is -7.39. The average Bonchev–Trinajstić information content (AvgIpc) is 2.88. The molecule has 0 unspecified atom stereocenters. The van der Waals surface area contributed by atoms with Gasteiger partial charge in [0.2, 0.25) is 20.0 Å². The molecule has 10 heteroatoms. The van der Waals surface area contributed by atoms with E-state index in [1.165, 1.54) is 24.3 Å². The van der Waals surface area contributed by atoms with Gasteiger partial charge in [-0.25, -0.2) is 26.3 Å². The fourth-order valence-electron chi connectivity index (χ4n) is 3.16. The molecule has 4 rings (SSSR count). The van der Waals surface area contributed by atoms with Gasteiger partial charge in [-0.1, -0.05) is 36.4 Å². The van der Waals surface area contributed by atoms with Gasteiger partial charge in [0.25, 0.3) is 0 Å². The molecular weight excluding hydrogens is 472 g/mol. The van der Waals surface area contributed by atoms with Gasteiger partial charge in [-0.15, -0.1) is 0 Å². The SMILES string of the molecule is O=S(=O)(NCc1ccccn1)c1ccc(-c2ccc(S(=O)(=O)NCc3ccccn3)cc2)cc1. The van der Waals surface area contributed by atoms with E-state index in [4.69, 9.17) is 0 Å². The van der Waals surface area contributed by atoms with Gasteiger partial charge in [0, 0.05) is 12.4 Å². The van der Waals surface area contributed by atoms with Crippen LogP contribution in [0.25, 0.3) is 11.1 Å². The van der Waals surface area contributed by atoms with E-state index < -0.39 is 20.0 Å². The van der Waals surface area contributed by atoms with E-state index in [0.717, 1.165) is 11.1 Å². The Morgan fingerprint density at radius 3 is 1.24 bits per heavy atom. The highest BCUT2D eigenvalue weighted by atomic mass is 32.2.